The second-order valence-corrected chi connectivity index (χ2v) is 5.03. The zero-order valence-corrected chi connectivity index (χ0v) is 11.3. The average Bonchev–Trinajstić information content (AvgIpc) is 2.14. The highest BCUT2D eigenvalue weighted by atomic mass is 16.6. The van der Waals surface area contributed by atoms with Crippen LogP contribution in [0.4, 0.5) is 4.79 Å². The largest absolute Gasteiger partial charge is 0.481 e. The highest BCUT2D eigenvalue weighted by molar-refractivity contribution is 5.71. The molecule has 0 rings (SSSR count). The molecule has 6 heteroatoms. The van der Waals surface area contributed by atoms with E-state index in [9.17, 15) is 9.59 Å². The Balaban J connectivity index is 4.69. The molecule has 6 nitrogen and oxygen atoms in total. The molecule has 0 aromatic heterocycles. The summed E-state index contributed by atoms with van der Waals surface area (Å²) in [5, 5.41) is 17.3. The number of rotatable bonds is 5. The van der Waals surface area contributed by atoms with Gasteiger partial charge in [-0.2, -0.15) is 5.26 Å². The van der Waals surface area contributed by atoms with Crippen LogP contribution in [0, 0.1) is 11.3 Å². The first kappa shape index (κ1) is 16.2. The van der Waals surface area contributed by atoms with Crippen LogP contribution in [0.5, 0.6) is 0 Å². The minimum absolute atomic E-state index is 0.0348. The van der Waals surface area contributed by atoms with Gasteiger partial charge < -0.3 is 14.7 Å². The Kier molecular flexibility index (Phi) is 6.17. The van der Waals surface area contributed by atoms with Crippen LogP contribution in [0.3, 0.4) is 0 Å². The fraction of sp³-hybridized carbons (Fsp3) is 0.750. The van der Waals surface area contributed by atoms with Gasteiger partial charge in [0.2, 0.25) is 0 Å². The van der Waals surface area contributed by atoms with E-state index in [1.54, 1.807) is 27.7 Å². The summed E-state index contributed by atoms with van der Waals surface area (Å²) >= 11 is 0. The maximum absolute atomic E-state index is 11.9. The van der Waals surface area contributed by atoms with Crippen molar-refractivity contribution in [1.29, 1.82) is 5.26 Å². The first-order chi connectivity index (χ1) is 8.17. The van der Waals surface area contributed by atoms with Gasteiger partial charge in [-0.1, -0.05) is 0 Å². The van der Waals surface area contributed by atoms with E-state index in [-0.39, 0.29) is 25.4 Å². The number of hydrogen-bond donors (Lipinski definition) is 1. The topological polar surface area (TPSA) is 90.6 Å². The van der Waals surface area contributed by atoms with E-state index in [0.29, 0.717) is 0 Å². The molecule has 0 spiro atoms. The molecule has 0 aliphatic carbocycles. The van der Waals surface area contributed by atoms with Crippen molar-refractivity contribution < 1.29 is 19.4 Å². The number of amides is 1. The molecule has 1 atom stereocenters. The lowest BCUT2D eigenvalue weighted by molar-refractivity contribution is -0.137. The number of carboxylic acid groups (broad SMARTS) is 1. The van der Waals surface area contributed by atoms with Crippen LogP contribution >= 0.6 is 0 Å². The highest BCUT2D eigenvalue weighted by Crippen LogP contribution is 2.13. The number of carbonyl (C=O) groups excluding carboxylic acids is 1. The molecule has 1 N–H and O–H groups in total. The van der Waals surface area contributed by atoms with Crippen molar-refractivity contribution in [3.63, 3.8) is 0 Å². The van der Waals surface area contributed by atoms with Crippen LogP contribution in [0.1, 0.15) is 40.5 Å². The second kappa shape index (κ2) is 6.84. The van der Waals surface area contributed by atoms with E-state index in [4.69, 9.17) is 15.1 Å². The zero-order chi connectivity index (χ0) is 14.3. The van der Waals surface area contributed by atoms with Crippen LogP contribution in [-0.2, 0) is 9.53 Å². The van der Waals surface area contributed by atoms with E-state index in [1.165, 1.54) is 4.90 Å². The highest BCUT2D eigenvalue weighted by Gasteiger charge is 2.26. The SMILES string of the molecule is C[C@@H](CC#N)N(CCC(=O)O)C(=O)OC(C)(C)C. The maximum Gasteiger partial charge on any atom is 0.410 e. The van der Waals surface area contributed by atoms with Gasteiger partial charge in [0.15, 0.2) is 0 Å². The molecule has 0 saturated heterocycles. The Morgan fingerprint density at radius 1 is 1.44 bits per heavy atom. The van der Waals surface area contributed by atoms with Crippen molar-refractivity contribution in [1.82, 2.24) is 4.90 Å². The van der Waals surface area contributed by atoms with E-state index in [0.717, 1.165) is 0 Å². The van der Waals surface area contributed by atoms with E-state index in [2.05, 4.69) is 0 Å². The average molecular weight is 256 g/mol. The predicted molar refractivity (Wildman–Crippen MR) is 64.9 cm³/mol. The lowest BCUT2D eigenvalue weighted by atomic mass is 10.2. The van der Waals surface area contributed by atoms with Gasteiger partial charge in [-0.05, 0) is 27.7 Å². The molecule has 102 valence electrons. The van der Waals surface area contributed by atoms with Crippen molar-refractivity contribution in [2.75, 3.05) is 6.54 Å². The number of carboxylic acids is 1. The Hall–Kier alpha value is -1.77. The number of hydrogen-bond acceptors (Lipinski definition) is 4. The fourth-order valence-electron chi connectivity index (χ4n) is 1.27. The van der Waals surface area contributed by atoms with Crippen molar-refractivity contribution >= 4 is 12.1 Å². The van der Waals surface area contributed by atoms with Crippen LogP contribution in [0.2, 0.25) is 0 Å². The summed E-state index contributed by atoms with van der Waals surface area (Å²) in [6, 6.07) is 1.59. The quantitative estimate of drug-likeness (QED) is 0.812. The van der Waals surface area contributed by atoms with Gasteiger partial charge in [-0.25, -0.2) is 4.79 Å². The van der Waals surface area contributed by atoms with Crippen LogP contribution in [0.15, 0.2) is 0 Å². The third-order valence-electron chi connectivity index (χ3n) is 2.11. The number of nitrogens with zero attached hydrogens (tertiary/aromatic N) is 2. The first-order valence-electron chi connectivity index (χ1n) is 5.75. The molecule has 0 fully saturated rings. The molecule has 0 aromatic carbocycles. The number of carbonyl (C=O) groups is 2. The molecular weight excluding hydrogens is 236 g/mol. The Bertz CT molecular complexity index is 341. The predicted octanol–water partition coefficient (Wildman–Crippen LogP) is 2.00. The molecule has 0 aromatic rings. The van der Waals surface area contributed by atoms with E-state index >= 15 is 0 Å². The van der Waals surface area contributed by atoms with Crippen molar-refractivity contribution in [2.45, 2.75) is 52.2 Å². The Morgan fingerprint density at radius 2 is 2.00 bits per heavy atom. The van der Waals surface area contributed by atoms with Crippen LogP contribution in [-0.4, -0.2) is 40.3 Å². The van der Waals surface area contributed by atoms with Gasteiger partial charge >= 0.3 is 12.1 Å². The number of nitriles is 1. The van der Waals surface area contributed by atoms with Gasteiger partial charge in [0.25, 0.3) is 0 Å². The van der Waals surface area contributed by atoms with Gasteiger partial charge in [-0.3, -0.25) is 4.79 Å². The van der Waals surface area contributed by atoms with Crippen LogP contribution in [0.25, 0.3) is 0 Å². The molecule has 0 heterocycles. The van der Waals surface area contributed by atoms with Crippen molar-refractivity contribution in [3.05, 3.63) is 0 Å². The molecule has 0 aliphatic rings. The number of aliphatic carboxylic acids is 1. The first-order valence-corrected chi connectivity index (χ1v) is 5.75. The van der Waals surface area contributed by atoms with Gasteiger partial charge in [0.1, 0.15) is 5.60 Å². The summed E-state index contributed by atoms with van der Waals surface area (Å²) < 4.78 is 5.18. The van der Waals surface area contributed by atoms with Gasteiger partial charge in [0.05, 0.1) is 18.9 Å². The van der Waals surface area contributed by atoms with Crippen molar-refractivity contribution in [2.24, 2.45) is 0 Å². The summed E-state index contributed by atoms with van der Waals surface area (Å²) in [5.41, 5.74) is -0.648. The fourth-order valence-corrected chi connectivity index (χ4v) is 1.27. The van der Waals surface area contributed by atoms with E-state index < -0.39 is 17.7 Å². The lowest BCUT2D eigenvalue weighted by Gasteiger charge is -2.30. The molecule has 0 unspecified atom stereocenters. The third-order valence-corrected chi connectivity index (χ3v) is 2.11. The Labute approximate surface area is 107 Å². The monoisotopic (exact) mass is 256 g/mol. The Morgan fingerprint density at radius 3 is 2.39 bits per heavy atom. The molecular formula is C12H20N2O4. The van der Waals surface area contributed by atoms with Crippen molar-refractivity contribution in [3.8, 4) is 6.07 Å². The van der Waals surface area contributed by atoms with Gasteiger partial charge in [-0.15, -0.1) is 0 Å². The summed E-state index contributed by atoms with van der Waals surface area (Å²) in [6.07, 6.45) is -0.625. The molecule has 0 bridgehead atoms. The lowest BCUT2D eigenvalue weighted by Crippen LogP contribution is -2.43. The number of ether oxygens (including phenoxy) is 1. The zero-order valence-electron chi connectivity index (χ0n) is 11.3. The summed E-state index contributed by atoms with van der Waals surface area (Å²) in [7, 11) is 0. The third kappa shape index (κ3) is 6.74. The minimum atomic E-state index is -0.993. The molecule has 0 saturated carbocycles. The molecule has 18 heavy (non-hydrogen) atoms. The standard InChI is InChI=1S/C12H20N2O4/c1-9(5-7-13)14(8-6-10(15)16)11(17)18-12(2,3)4/h9H,5-6,8H2,1-4H3,(H,15,16)/t9-/m0/s1. The van der Waals surface area contributed by atoms with Crippen LogP contribution < -0.4 is 0 Å². The molecule has 0 radical (unpaired) electrons. The minimum Gasteiger partial charge on any atom is -0.481 e. The molecule has 1 amide bonds. The van der Waals surface area contributed by atoms with Gasteiger partial charge in [0, 0.05) is 12.6 Å². The summed E-state index contributed by atoms with van der Waals surface area (Å²) in [4.78, 5) is 23.7. The van der Waals surface area contributed by atoms with E-state index in [1.807, 2.05) is 6.07 Å². The normalized spacial score (nSPS) is 12.4. The maximum atomic E-state index is 11.9. The second-order valence-electron chi connectivity index (χ2n) is 5.03. The summed E-state index contributed by atoms with van der Waals surface area (Å²) in [5.74, 6) is -0.993. The summed E-state index contributed by atoms with van der Waals surface area (Å²) in [6.45, 7) is 6.92. The smallest absolute Gasteiger partial charge is 0.410 e. The molecule has 0 aliphatic heterocycles.